The van der Waals surface area contributed by atoms with E-state index in [9.17, 15) is 4.79 Å². The van der Waals surface area contributed by atoms with E-state index in [0.29, 0.717) is 18.2 Å². The summed E-state index contributed by atoms with van der Waals surface area (Å²) in [6.45, 7) is 8.47. The first-order chi connectivity index (χ1) is 11.9. The predicted octanol–water partition coefficient (Wildman–Crippen LogP) is 4.32. The van der Waals surface area contributed by atoms with Gasteiger partial charge in [-0.1, -0.05) is 37.6 Å². The van der Waals surface area contributed by atoms with Gasteiger partial charge in [-0.05, 0) is 30.5 Å². The molecule has 0 saturated heterocycles. The summed E-state index contributed by atoms with van der Waals surface area (Å²) in [7, 11) is 0. The zero-order chi connectivity index (χ0) is 18.4. The molecular formula is C19H24ClN3O2. The minimum absolute atomic E-state index is 0.000727. The average Bonchev–Trinajstić information content (AvgIpc) is 2.56. The van der Waals surface area contributed by atoms with Gasteiger partial charge in [0.05, 0.1) is 23.7 Å². The highest BCUT2D eigenvalue weighted by atomic mass is 35.5. The number of anilines is 1. The van der Waals surface area contributed by atoms with Crippen molar-refractivity contribution < 1.29 is 9.53 Å². The smallest absolute Gasteiger partial charge is 0.302 e. The van der Waals surface area contributed by atoms with Crippen LogP contribution < -0.4 is 5.32 Å². The second-order valence-electron chi connectivity index (χ2n) is 6.31. The number of aryl methyl sites for hydroxylation is 1. The van der Waals surface area contributed by atoms with Gasteiger partial charge in [-0.2, -0.15) is 0 Å². The number of carbonyl (C=O) groups excluding carboxylic acids is 1. The highest BCUT2D eigenvalue weighted by Crippen LogP contribution is 2.26. The van der Waals surface area contributed by atoms with Crippen molar-refractivity contribution in [3.05, 3.63) is 52.6 Å². The molecule has 1 N–H and O–H groups in total. The summed E-state index contributed by atoms with van der Waals surface area (Å²) >= 11 is 5.98. The molecule has 25 heavy (non-hydrogen) atoms. The van der Waals surface area contributed by atoms with E-state index < -0.39 is 0 Å². The summed E-state index contributed by atoms with van der Waals surface area (Å²) in [4.78, 5) is 19.9. The van der Waals surface area contributed by atoms with E-state index in [1.54, 1.807) is 6.33 Å². The van der Waals surface area contributed by atoms with E-state index in [-0.39, 0.29) is 17.8 Å². The van der Waals surface area contributed by atoms with Gasteiger partial charge < -0.3 is 10.1 Å². The molecule has 0 radical (unpaired) electrons. The molecule has 6 heteroatoms. The van der Waals surface area contributed by atoms with Crippen LogP contribution >= 0.6 is 11.6 Å². The van der Waals surface area contributed by atoms with Gasteiger partial charge in [-0.15, -0.1) is 0 Å². The molecule has 0 amide bonds. The van der Waals surface area contributed by atoms with Gasteiger partial charge >= 0.3 is 5.97 Å². The zero-order valence-electron chi connectivity index (χ0n) is 15.0. The normalized spacial score (nSPS) is 12.1. The minimum Gasteiger partial charge on any atom is -0.465 e. The van der Waals surface area contributed by atoms with Crippen LogP contribution in [0.25, 0.3) is 0 Å². The Morgan fingerprint density at radius 2 is 1.92 bits per heavy atom. The lowest BCUT2D eigenvalue weighted by molar-refractivity contribution is -0.141. The summed E-state index contributed by atoms with van der Waals surface area (Å²) < 4.78 is 5.24. The third-order valence-corrected chi connectivity index (χ3v) is 4.22. The van der Waals surface area contributed by atoms with Crippen molar-refractivity contribution in [3.63, 3.8) is 0 Å². The van der Waals surface area contributed by atoms with Crippen molar-refractivity contribution >= 4 is 23.3 Å². The number of carbonyl (C=O) groups is 1. The van der Waals surface area contributed by atoms with Crippen LogP contribution in [0.4, 0.5) is 5.69 Å². The molecule has 1 aromatic carbocycles. The molecule has 1 heterocycles. The van der Waals surface area contributed by atoms with Crippen LogP contribution in [0.1, 0.15) is 49.6 Å². The summed E-state index contributed by atoms with van der Waals surface area (Å²) in [5, 5.41) is 4.13. The Morgan fingerprint density at radius 1 is 1.24 bits per heavy atom. The summed E-state index contributed by atoms with van der Waals surface area (Å²) in [5.74, 6) is -0.00602. The monoisotopic (exact) mass is 361 g/mol. The minimum atomic E-state index is -0.291. The van der Waals surface area contributed by atoms with Crippen LogP contribution in [0, 0.1) is 6.92 Å². The van der Waals surface area contributed by atoms with Crippen LogP contribution in [0.5, 0.6) is 0 Å². The van der Waals surface area contributed by atoms with Gasteiger partial charge in [0.2, 0.25) is 0 Å². The molecule has 0 aliphatic carbocycles. The molecule has 134 valence electrons. The molecule has 1 aromatic heterocycles. The van der Waals surface area contributed by atoms with E-state index in [1.165, 1.54) is 6.92 Å². The van der Waals surface area contributed by atoms with Gasteiger partial charge in [-0.3, -0.25) is 4.79 Å². The fourth-order valence-corrected chi connectivity index (χ4v) is 2.73. The summed E-state index contributed by atoms with van der Waals surface area (Å²) in [6.07, 6.45) is 1.59. The van der Waals surface area contributed by atoms with E-state index in [2.05, 4.69) is 29.1 Å². The van der Waals surface area contributed by atoms with Gasteiger partial charge in [0.25, 0.3) is 0 Å². The Balaban J connectivity index is 2.20. The molecule has 0 bridgehead atoms. The Kier molecular flexibility index (Phi) is 6.76. The fraction of sp³-hybridized carbons (Fsp3) is 0.421. The molecule has 0 aliphatic heterocycles. The van der Waals surface area contributed by atoms with Gasteiger partial charge in [0.15, 0.2) is 0 Å². The number of esters is 1. The molecule has 0 spiro atoms. The molecule has 1 atom stereocenters. The first-order valence-corrected chi connectivity index (χ1v) is 8.70. The Hall–Kier alpha value is -2.14. The average molecular weight is 362 g/mol. The molecule has 0 aliphatic rings. The van der Waals surface area contributed by atoms with E-state index in [1.807, 2.05) is 31.2 Å². The lowest BCUT2D eigenvalue weighted by Gasteiger charge is -2.21. The lowest BCUT2D eigenvalue weighted by atomic mass is 9.99. The predicted molar refractivity (Wildman–Crippen MR) is 100 cm³/mol. The number of nitrogens with zero attached hydrogens (tertiary/aromatic N) is 2. The van der Waals surface area contributed by atoms with Crippen LogP contribution in [-0.4, -0.2) is 29.1 Å². The quantitative estimate of drug-likeness (QED) is 0.744. The molecule has 5 nitrogen and oxygen atoms in total. The van der Waals surface area contributed by atoms with Crippen LogP contribution in [0.2, 0.25) is 5.02 Å². The number of benzene rings is 1. The maximum atomic E-state index is 11.2. The second-order valence-corrected chi connectivity index (χ2v) is 6.74. The molecule has 0 saturated carbocycles. The topological polar surface area (TPSA) is 64.1 Å². The number of hydrogen-bond acceptors (Lipinski definition) is 5. The SMILES string of the molecule is CC(=O)OCC(CNc1c(C)ncnc1C(C)C)c1ccc(Cl)cc1. The van der Waals surface area contributed by atoms with Gasteiger partial charge in [0, 0.05) is 24.4 Å². The molecule has 0 fully saturated rings. The molecule has 1 unspecified atom stereocenters. The van der Waals surface area contributed by atoms with E-state index in [4.69, 9.17) is 16.3 Å². The van der Waals surface area contributed by atoms with Crippen molar-refractivity contribution in [2.45, 2.75) is 39.5 Å². The largest absolute Gasteiger partial charge is 0.465 e. The van der Waals surface area contributed by atoms with Crippen LogP contribution in [0.15, 0.2) is 30.6 Å². The molecule has 2 rings (SSSR count). The fourth-order valence-electron chi connectivity index (χ4n) is 2.60. The number of ether oxygens (including phenoxy) is 1. The van der Waals surface area contributed by atoms with Crippen LogP contribution in [-0.2, 0) is 9.53 Å². The first-order valence-electron chi connectivity index (χ1n) is 8.32. The van der Waals surface area contributed by atoms with Crippen molar-refractivity contribution in [1.82, 2.24) is 9.97 Å². The third-order valence-electron chi connectivity index (χ3n) is 3.97. The molecular weight excluding hydrogens is 338 g/mol. The maximum Gasteiger partial charge on any atom is 0.302 e. The second kappa shape index (κ2) is 8.81. The number of rotatable bonds is 7. The van der Waals surface area contributed by atoms with E-state index >= 15 is 0 Å². The standard InChI is InChI=1S/C19H24ClN3O2/c1-12(2)18-19(13(3)22-11-23-18)21-9-16(10-25-14(4)24)15-5-7-17(20)8-6-15/h5-8,11-12,16,21H,9-10H2,1-4H3. The zero-order valence-corrected chi connectivity index (χ0v) is 15.8. The van der Waals surface area contributed by atoms with Gasteiger partial charge in [-0.25, -0.2) is 9.97 Å². The Morgan fingerprint density at radius 3 is 2.52 bits per heavy atom. The summed E-state index contributed by atoms with van der Waals surface area (Å²) in [6, 6.07) is 7.59. The number of hydrogen-bond donors (Lipinski definition) is 1. The Bertz CT molecular complexity index is 717. The highest BCUT2D eigenvalue weighted by Gasteiger charge is 2.17. The lowest BCUT2D eigenvalue weighted by Crippen LogP contribution is -2.21. The van der Waals surface area contributed by atoms with Crippen molar-refractivity contribution in [2.75, 3.05) is 18.5 Å². The van der Waals surface area contributed by atoms with Crippen molar-refractivity contribution in [1.29, 1.82) is 0 Å². The number of halogens is 1. The first kappa shape index (κ1) is 19.2. The summed E-state index contributed by atoms with van der Waals surface area (Å²) in [5.41, 5.74) is 3.88. The highest BCUT2D eigenvalue weighted by molar-refractivity contribution is 6.30. The van der Waals surface area contributed by atoms with Gasteiger partial charge in [0.1, 0.15) is 6.33 Å². The number of aromatic nitrogens is 2. The Labute approximate surface area is 153 Å². The van der Waals surface area contributed by atoms with Crippen LogP contribution in [0.3, 0.4) is 0 Å². The van der Waals surface area contributed by atoms with Crippen molar-refractivity contribution in [2.24, 2.45) is 0 Å². The van der Waals surface area contributed by atoms with E-state index in [0.717, 1.165) is 22.6 Å². The molecule has 2 aromatic rings. The number of nitrogens with one attached hydrogen (secondary N) is 1. The third kappa shape index (κ3) is 5.43. The van der Waals surface area contributed by atoms with Crippen molar-refractivity contribution in [3.8, 4) is 0 Å². The maximum absolute atomic E-state index is 11.2.